The van der Waals surface area contributed by atoms with Gasteiger partial charge >= 0.3 is 15.6 Å². The van der Waals surface area contributed by atoms with Crippen LogP contribution in [0.2, 0.25) is 0 Å². The highest BCUT2D eigenvalue weighted by molar-refractivity contribution is 7.47. The Hall–Kier alpha value is -6.47. The van der Waals surface area contributed by atoms with E-state index in [2.05, 4.69) is 35.2 Å². The molecule has 0 saturated heterocycles. The molecule has 0 aromatic heterocycles. The van der Waals surface area contributed by atoms with Gasteiger partial charge in [0, 0.05) is 12.8 Å². The summed E-state index contributed by atoms with van der Waals surface area (Å²) in [6.07, 6.45) is -1.34. The Morgan fingerprint density at radius 3 is 1.78 bits per heavy atom. The molecular formula is C40H47N7O14P2. The average Bonchev–Trinajstić information content (AvgIpc) is 3.17. The highest BCUT2D eigenvalue weighted by Crippen LogP contribution is 2.39. The largest absolute Gasteiger partial charge is 0.524 e. The minimum atomic E-state index is -4.93. The summed E-state index contributed by atoms with van der Waals surface area (Å²) < 4.78 is 38.2. The lowest BCUT2D eigenvalue weighted by molar-refractivity contribution is -0.140. The summed E-state index contributed by atoms with van der Waals surface area (Å²) in [5.74, 6) is -5.17. The first-order chi connectivity index (χ1) is 29.3. The number of hydrogen-bond donors (Lipinski definition) is 9. The van der Waals surface area contributed by atoms with Gasteiger partial charge in [0.1, 0.15) is 40.6 Å². The molecule has 11 N–H and O–H groups in total. The Morgan fingerprint density at radius 2 is 1.25 bits per heavy atom. The van der Waals surface area contributed by atoms with E-state index in [0.29, 0.717) is 22.5 Å². The lowest BCUT2D eigenvalue weighted by Crippen LogP contribution is -2.65. The van der Waals surface area contributed by atoms with Crippen LogP contribution in [-0.4, -0.2) is 72.3 Å². The van der Waals surface area contributed by atoms with Gasteiger partial charge in [-0.1, -0.05) is 48.5 Å². The van der Waals surface area contributed by atoms with Gasteiger partial charge in [0.05, 0.1) is 12.1 Å². The van der Waals surface area contributed by atoms with E-state index in [0.717, 1.165) is 5.56 Å². The van der Waals surface area contributed by atoms with E-state index in [1.165, 1.54) is 69.3 Å². The normalized spacial score (nSPS) is 13.8. The van der Waals surface area contributed by atoms with Crippen LogP contribution in [0.4, 0.5) is 11.4 Å². The monoisotopic (exact) mass is 911 g/mol. The second kappa shape index (κ2) is 20.6. The van der Waals surface area contributed by atoms with Gasteiger partial charge in [0.25, 0.3) is 5.91 Å². The van der Waals surface area contributed by atoms with E-state index >= 15 is 0 Å². The molecule has 0 aliphatic heterocycles. The van der Waals surface area contributed by atoms with Crippen LogP contribution in [0.5, 0.6) is 17.2 Å². The third kappa shape index (κ3) is 15.7. The van der Waals surface area contributed by atoms with Crippen molar-refractivity contribution in [1.29, 1.82) is 0 Å². The quantitative estimate of drug-likeness (QED) is 0.0428. The SMILES string of the molecule is Cc1ccc(OC(C)(C)C(=O)N[C@@H](Cc2ccc(OP(=O)(O)O)cc2)C(=O)N[C@@](C)(Cc2ccc(OP(=O)(O)O)cc2)C(=O)N[C@@H](CC(N)=O)C(N)=O)c(N=Nc2ccccc2)c1. The fourth-order valence-electron chi connectivity index (χ4n) is 5.82. The van der Waals surface area contributed by atoms with Crippen LogP contribution < -0.4 is 41.2 Å². The molecule has 336 valence electrons. The molecule has 63 heavy (non-hydrogen) atoms. The molecule has 0 heterocycles. The number of nitrogens with zero attached hydrogens (tertiary/aromatic N) is 2. The van der Waals surface area contributed by atoms with Crippen molar-refractivity contribution in [2.75, 3.05) is 0 Å². The lowest BCUT2D eigenvalue weighted by Gasteiger charge is -2.34. The van der Waals surface area contributed by atoms with E-state index in [-0.39, 0.29) is 30.1 Å². The highest BCUT2D eigenvalue weighted by Gasteiger charge is 2.41. The molecule has 0 aliphatic rings. The molecule has 5 amide bonds. The second-order valence-electron chi connectivity index (χ2n) is 14.9. The Labute approximate surface area is 361 Å². The minimum Gasteiger partial charge on any atom is -0.476 e. The summed E-state index contributed by atoms with van der Waals surface area (Å²) in [4.78, 5) is 104. The van der Waals surface area contributed by atoms with Crippen LogP contribution in [0.1, 0.15) is 43.9 Å². The molecule has 4 aromatic carbocycles. The summed E-state index contributed by atoms with van der Waals surface area (Å²) >= 11 is 0. The summed E-state index contributed by atoms with van der Waals surface area (Å²) in [6, 6.07) is 21.1. The molecule has 0 aliphatic carbocycles. The molecule has 0 saturated carbocycles. The summed E-state index contributed by atoms with van der Waals surface area (Å²) in [6.45, 7) is 5.96. The lowest BCUT2D eigenvalue weighted by atomic mass is 9.90. The van der Waals surface area contributed by atoms with Crippen molar-refractivity contribution in [3.63, 3.8) is 0 Å². The molecule has 0 spiro atoms. The number of nitrogens with one attached hydrogen (secondary N) is 3. The molecule has 4 rings (SSSR count). The number of carbonyl (C=O) groups is 5. The van der Waals surface area contributed by atoms with Gasteiger partial charge in [-0.3, -0.25) is 43.5 Å². The number of primary amides is 2. The number of rotatable bonds is 21. The molecular weight excluding hydrogens is 864 g/mol. The maximum Gasteiger partial charge on any atom is 0.524 e. The molecule has 3 atom stereocenters. The van der Waals surface area contributed by atoms with Crippen LogP contribution in [-0.2, 0) is 45.9 Å². The van der Waals surface area contributed by atoms with Crippen LogP contribution in [0.3, 0.4) is 0 Å². The van der Waals surface area contributed by atoms with Gasteiger partial charge in [0.2, 0.25) is 23.6 Å². The molecule has 0 bridgehead atoms. The first-order valence-electron chi connectivity index (χ1n) is 18.8. The van der Waals surface area contributed by atoms with Gasteiger partial charge in [-0.2, -0.15) is 5.11 Å². The predicted molar refractivity (Wildman–Crippen MR) is 226 cm³/mol. The number of azo groups is 1. The van der Waals surface area contributed by atoms with Crippen molar-refractivity contribution >= 4 is 56.6 Å². The Kier molecular flexibility index (Phi) is 16.1. The van der Waals surface area contributed by atoms with Crippen LogP contribution in [0.15, 0.2) is 107 Å². The fraction of sp³-hybridized carbons (Fsp3) is 0.275. The number of phosphoric acid groups is 2. The van der Waals surface area contributed by atoms with E-state index in [1.807, 2.05) is 13.0 Å². The smallest absolute Gasteiger partial charge is 0.476 e. The Bertz CT molecular complexity index is 2430. The zero-order chi connectivity index (χ0) is 46.8. The number of benzene rings is 4. The van der Waals surface area contributed by atoms with Gasteiger partial charge in [0.15, 0.2) is 5.60 Å². The van der Waals surface area contributed by atoms with Crippen LogP contribution in [0, 0.1) is 6.92 Å². The molecule has 0 unspecified atom stereocenters. The summed E-state index contributed by atoms with van der Waals surface area (Å²) in [5.41, 5.74) is 9.28. The second-order valence-corrected chi connectivity index (χ2v) is 17.2. The minimum absolute atomic E-state index is 0.170. The van der Waals surface area contributed by atoms with Crippen molar-refractivity contribution in [2.24, 2.45) is 21.7 Å². The fourth-order valence-corrected chi connectivity index (χ4v) is 6.61. The number of hydrogen-bond acceptors (Lipinski definition) is 12. The number of aryl methyl sites for hydroxylation is 1. The number of amides is 5. The number of nitrogens with two attached hydrogens (primary N) is 2. The summed E-state index contributed by atoms with van der Waals surface area (Å²) in [5, 5.41) is 16.2. The first kappa shape index (κ1) is 49.2. The summed E-state index contributed by atoms with van der Waals surface area (Å²) in [7, 11) is -9.85. The molecule has 21 nitrogen and oxygen atoms in total. The maximum atomic E-state index is 14.5. The van der Waals surface area contributed by atoms with Gasteiger partial charge < -0.3 is 41.2 Å². The van der Waals surface area contributed by atoms with E-state index in [9.17, 15) is 52.7 Å². The Balaban J connectivity index is 1.71. The predicted octanol–water partition coefficient (Wildman–Crippen LogP) is 3.20. The number of phosphoric ester groups is 2. The molecule has 0 radical (unpaired) electrons. The zero-order valence-electron chi connectivity index (χ0n) is 34.3. The number of ether oxygens (including phenoxy) is 1. The third-order valence-electron chi connectivity index (χ3n) is 8.92. The first-order valence-corrected chi connectivity index (χ1v) is 21.8. The third-order valence-corrected chi connectivity index (χ3v) is 9.82. The van der Waals surface area contributed by atoms with Gasteiger partial charge in [-0.05, 0) is 92.9 Å². The van der Waals surface area contributed by atoms with Crippen molar-refractivity contribution in [3.05, 3.63) is 114 Å². The maximum absolute atomic E-state index is 14.5. The molecule has 0 fully saturated rings. The van der Waals surface area contributed by atoms with Gasteiger partial charge in [-0.25, -0.2) is 9.13 Å². The topological polar surface area (TPSA) is 341 Å². The van der Waals surface area contributed by atoms with E-state index < -0.39 is 74.8 Å². The number of carbonyl (C=O) groups excluding carboxylic acids is 5. The van der Waals surface area contributed by atoms with E-state index in [4.69, 9.17) is 16.2 Å². The van der Waals surface area contributed by atoms with Crippen LogP contribution in [0.25, 0.3) is 0 Å². The highest BCUT2D eigenvalue weighted by atomic mass is 31.2. The van der Waals surface area contributed by atoms with Crippen LogP contribution >= 0.6 is 15.6 Å². The van der Waals surface area contributed by atoms with Gasteiger partial charge in [-0.15, -0.1) is 5.11 Å². The van der Waals surface area contributed by atoms with Crippen molar-refractivity contribution < 1.29 is 66.5 Å². The average molecular weight is 912 g/mol. The van der Waals surface area contributed by atoms with E-state index in [1.54, 1.807) is 42.5 Å². The van der Waals surface area contributed by atoms with Crippen molar-refractivity contribution in [2.45, 2.75) is 70.2 Å². The van der Waals surface area contributed by atoms with Crippen molar-refractivity contribution in [1.82, 2.24) is 16.0 Å². The van der Waals surface area contributed by atoms with Crippen molar-refractivity contribution in [3.8, 4) is 17.2 Å². The molecule has 4 aromatic rings. The standard InChI is InChI=1S/C40H47N7O14P2/c1-24-10-19-33(30(20-24)47-46-27-8-6-5-7-9-27)59-39(2,3)37(51)44-32(21-25-11-15-28(16-12-25)60-62(53,54)55)36(50)45-40(4,38(52)43-31(35(42)49)22-34(41)48)23-26-13-17-29(18-14-26)61-63(56,57)58/h5-20,31-32H,21-23H2,1-4H3,(H2,41,48)(H2,42,49)(H,43,52)(H,44,51)(H,45,50)(H2,53,54,55)(H2,56,57,58)/t31-,32-,40-/m0/s1. The Morgan fingerprint density at radius 1 is 0.714 bits per heavy atom. The zero-order valence-corrected chi connectivity index (χ0v) is 36.1. The molecule has 23 heteroatoms.